The van der Waals surface area contributed by atoms with E-state index in [0.717, 1.165) is 10.7 Å². The summed E-state index contributed by atoms with van der Waals surface area (Å²) in [5.41, 5.74) is -0.610. The summed E-state index contributed by atoms with van der Waals surface area (Å²) in [4.78, 5) is -0.114. The Kier molecular flexibility index (Phi) is 5.76. The highest BCUT2D eigenvalue weighted by molar-refractivity contribution is 7.93. The van der Waals surface area contributed by atoms with E-state index in [1.54, 1.807) is 0 Å². The number of benzene rings is 1. The third-order valence-electron chi connectivity index (χ3n) is 5.05. The van der Waals surface area contributed by atoms with Gasteiger partial charge in [0.2, 0.25) is 10.0 Å². The molecule has 2 aromatic rings. The van der Waals surface area contributed by atoms with Crippen LogP contribution in [-0.2, 0) is 20.9 Å². The third kappa shape index (κ3) is 4.05. The summed E-state index contributed by atoms with van der Waals surface area (Å²) in [6.45, 7) is 2.21. The number of allylic oxidation sites excluding steroid dienone is 2. The maximum absolute atomic E-state index is 13.6. The number of fused-ring (bicyclic) bond motifs is 1. The molecule has 0 radical (unpaired) electrons. The molecule has 168 valence electrons. The standard InChI is InChI=1S/C18H17Cl2F3N4O3S/c1-10-17(31(28,29)26-4-6-30-7-5-26)16(11-2-3-12(19)13(20)8-11)27-15(24-10)9-14(25-27)18(21,22)23/h2-3,8-9,16,24H,4-7H2,1H3. The lowest BCUT2D eigenvalue weighted by molar-refractivity contribution is -0.141. The minimum absolute atomic E-state index is 0.0156. The number of sulfonamides is 1. The van der Waals surface area contributed by atoms with Gasteiger partial charge in [-0.05, 0) is 24.6 Å². The maximum atomic E-state index is 13.6. The molecule has 1 N–H and O–H groups in total. The molecule has 4 rings (SSSR count). The molecule has 0 amide bonds. The smallest absolute Gasteiger partial charge is 0.379 e. The Bertz CT molecular complexity index is 1160. The fourth-order valence-electron chi connectivity index (χ4n) is 3.63. The first-order valence-corrected chi connectivity index (χ1v) is 11.4. The number of alkyl halides is 3. The molecule has 0 saturated carbocycles. The van der Waals surface area contributed by atoms with Gasteiger partial charge in [-0.1, -0.05) is 29.3 Å². The van der Waals surface area contributed by atoms with E-state index in [1.807, 2.05) is 0 Å². The Hall–Kier alpha value is -1.79. The Labute approximate surface area is 186 Å². The van der Waals surface area contributed by atoms with Gasteiger partial charge >= 0.3 is 6.18 Å². The highest BCUT2D eigenvalue weighted by Gasteiger charge is 2.43. The fourth-order valence-corrected chi connectivity index (χ4v) is 5.80. The summed E-state index contributed by atoms with van der Waals surface area (Å²) < 4.78 is 74.6. The minimum Gasteiger partial charge on any atom is -0.379 e. The van der Waals surface area contributed by atoms with Crippen molar-refractivity contribution in [3.05, 3.63) is 56.2 Å². The van der Waals surface area contributed by atoms with Gasteiger partial charge in [0.15, 0.2) is 5.69 Å². The van der Waals surface area contributed by atoms with E-state index in [2.05, 4.69) is 10.4 Å². The average Bonchev–Trinajstić information content (AvgIpc) is 3.14. The minimum atomic E-state index is -4.70. The van der Waals surface area contributed by atoms with Crippen molar-refractivity contribution in [2.75, 3.05) is 31.6 Å². The molecule has 2 aliphatic heterocycles. The predicted molar refractivity (Wildman–Crippen MR) is 109 cm³/mol. The third-order valence-corrected chi connectivity index (χ3v) is 7.92. The molecule has 2 aliphatic rings. The predicted octanol–water partition coefficient (Wildman–Crippen LogP) is 4.12. The van der Waals surface area contributed by atoms with E-state index in [1.165, 1.54) is 29.4 Å². The number of nitrogens with one attached hydrogen (secondary N) is 1. The summed E-state index contributed by atoms with van der Waals surface area (Å²) in [5.74, 6) is 0.0156. The van der Waals surface area contributed by atoms with Crippen LogP contribution in [0.1, 0.15) is 24.2 Å². The second-order valence-electron chi connectivity index (χ2n) is 7.06. The number of aromatic nitrogens is 2. The summed E-state index contributed by atoms with van der Waals surface area (Å²) in [6.07, 6.45) is -4.70. The van der Waals surface area contributed by atoms with Gasteiger partial charge in [-0.3, -0.25) is 0 Å². The van der Waals surface area contributed by atoms with Crippen LogP contribution in [0.15, 0.2) is 34.9 Å². The molecule has 13 heteroatoms. The lowest BCUT2D eigenvalue weighted by atomic mass is 10.0. The van der Waals surface area contributed by atoms with Crippen molar-refractivity contribution in [3.8, 4) is 0 Å². The summed E-state index contributed by atoms with van der Waals surface area (Å²) in [7, 11) is -4.07. The first-order valence-electron chi connectivity index (χ1n) is 9.17. The van der Waals surface area contributed by atoms with Crippen LogP contribution in [0.2, 0.25) is 10.0 Å². The van der Waals surface area contributed by atoms with E-state index in [9.17, 15) is 21.6 Å². The van der Waals surface area contributed by atoms with Gasteiger partial charge in [-0.2, -0.15) is 22.6 Å². The van der Waals surface area contributed by atoms with Crippen LogP contribution in [0.3, 0.4) is 0 Å². The first-order chi connectivity index (χ1) is 14.5. The van der Waals surface area contributed by atoms with Gasteiger partial charge in [0.05, 0.1) is 23.3 Å². The number of ether oxygens (including phenoxy) is 1. The molecule has 1 aromatic heterocycles. The van der Waals surface area contributed by atoms with Crippen LogP contribution in [-0.4, -0.2) is 48.8 Å². The Morgan fingerprint density at radius 2 is 1.84 bits per heavy atom. The second-order valence-corrected chi connectivity index (χ2v) is 9.78. The zero-order valence-corrected chi connectivity index (χ0v) is 18.4. The van der Waals surface area contributed by atoms with E-state index < -0.39 is 27.9 Å². The molecule has 31 heavy (non-hydrogen) atoms. The number of rotatable bonds is 3. The SMILES string of the molecule is CC1=C(S(=O)(=O)N2CCOCC2)C(c2ccc(Cl)c(Cl)c2)n2nc(C(F)(F)F)cc2N1. The van der Waals surface area contributed by atoms with Crippen LogP contribution in [0.4, 0.5) is 19.0 Å². The number of halogens is 5. The van der Waals surface area contributed by atoms with Gasteiger partial charge in [-0.15, -0.1) is 0 Å². The summed E-state index contributed by atoms with van der Waals surface area (Å²) in [6, 6.07) is 4.08. The van der Waals surface area contributed by atoms with Crippen molar-refractivity contribution in [2.24, 2.45) is 0 Å². The highest BCUT2D eigenvalue weighted by Crippen LogP contribution is 2.43. The molecule has 1 fully saturated rings. The van der Waals surface area contributed by atoms with Crippen LogP contribution in [0, 0.1) is 0 Å². The van der Waals surface area contributed by atoms with Gasteiger partial charge in [0.1, 0.15) is 16.8 Å². The fraction of sp³-hybridized carbons (Fsp3) is 0.389. The van der Waals surface area contributed by atoms with Crippen molar-refractivity contribution in [1.82, 2.24) is 14.1 Å². The molecule has 3 heterocycles. The average molecular weight is 497 g/mol. The Balaban J connectivity index is 1.91. The van der Waals surface area contributed by atoms with E-state index in [4.69, 9.17) is 27.9 Å². The number of hydrogen-bond acceptors (Lipinski definition) is 5. The molecule has 1 aromatic carbocycles. The van der Waals surface area contributed by atoms with Crippen LogP contribution in [0.5, 0.6) is 0 Å². The Morgan fingerprint density at radius 3 is 2.45 bits per heavy atom. The normalized spacial score (nSPS) is 20.5. The summed E-state index contributed by atoms with van der Waals surface area (Å²) >= 11 is 12.1. The molecular formula is C18H17Cl2F3N4O3S. The van der Waals surface area contributed by atoms with Crippen molar-refractivity contribution in [3.63, 3.8) is 0 Å². The number of morpholine rings is 1. The molecule has 1 unspecified atom stereocenters. The van der Waals surface area contributed by atoms with Crippen molar-refractivity contribution < 1.29 is 26.3 Å². The largest absolute Gasteiger partial charge is 0.435 e. The first kappa shape index (κ1) is 22.4. The topological polar surface area (TPSA) is 76.5 Å². The number of anilines is 1. The Morgan fingerprint density at radius 1 is 1.16 bits per heavy atom. The number of nitrogens with zero attached hydrogens (tertiary/aromatic N) is 3. The van der Waals surface area contributed by atoms with Crippen molar-refractivity contribution in [2.45, 2.75) is 19.1 Å². The van der Waals surface area contributed by atoms with Gasteiger partial charge in [-0.25, -0.2) is 13.1 Å². The zero-order chi connectivity index (χ0) is 22.6. The number of hydrogen-bond donors (Lipinski definition) is 1. The van der Waals surface area contributed by atoms with Crippen LogP contribution < -0.4 is 5.32 Å². The molecule has 1 saturated heterocycles. The van der Waals surface area contributed by atoms with Crippen LogP contribution in [0.25, 0.3) is 0 Å². The molecule has 0 spiro atoms. The van der Waals surface area contributed by atoms with Gasteiger partial charge in [0.25, 0.3) is 0 Å². The zero-order valence-electron chi connectivity index (χ0n) is 16.1. The highest BCUT2D eigenvalue weighted by atomic mass is 35.5. The molecular weight excluding hydrogens is 480 g/mol. The van der Waals surface area contributed by atoms with Crippen molar-refractivity contribution in [1.29, 1.82) is 0 Å². The molecule has 0 aliphatic carbocycles. The maximum Gasteiger partial charge on any atom is 0.435 e. The lowest BCUT2D eigenvalue weighted by Gasteiger charge is -2.34. The molecule has 0 bridgehead atoms. The van der Waals surface area contributed by atoms with Gasteiger partial charge in [0, 0.05) is 24.9 Å². The quantitative estimate of drug-likeness (QED) is 0.691. The van der Waals surface area contributed by atoms with E-state index >= 15 is 0 Å². The van der Waals surface area contributed by atoms with E-state index in [-0.39, 0.29) is 52.8 Å². The van der Waals surface area contributed by atoms with Gasteiger partial charge < -0.3 is 10.1 Å². The molecule has 1 atom stereocenters. The monoisotopic (exact) mass is 496 g/mol. The second kappa shape index (κ2) is 7.96. The summed E-state index contributed by atoms with van der Waals surface area (Å²) in [5, 5.41) is 6.82. The van der Waals surface area contributed by atoms with E-state index in [0.29, 0.717) is 5.56 Å². The van der Waals surface area contributed by atoms with Crippen molar-refractivity contribution >= 4 is 39.0 Å². The lowest BCUT2D eigenvalue weighted by Crippen LogP contribution is -2.43. The molecule has 7 nitrogen and oxygen atoms in total. The van der Waals surface area contributed by atoms with Crippen LogP contribution >= 0.6 is 23.2 Å².